The molecule has 1 aromatic heterocycles. The first-order chi connectivity index (χ1) is 16.8. The lowest BCUT2D eigenvalue weighted by Gasteiger charge is -2.34. The molecule has 2 saturated heterocycles. The Morgan fingerprint density at radius 3 is 2.57 bits per heavy atom. The van der Waals surface area contributed by atoms with Crippen LogP contribution in [0, 0.1) is 5.82 Å². The van der Waals surface area contributed by atoms with Gasteiger partial charge in [-0.05, 0) is 49.2 Å². The zero-order valence-electron chi connectivity index (χ0n) is 19.4. The first kappa shape index (κ1) is 24.1. The zero-order chi connectivity index (χ0) is 24.6. The Kier molecular flexibility index (Phi) is 6.75. The summed E-state index contributed by atoms with van der Waals surface area (Å²) in [5, 5.41) is 0.749. The fraction of sp³-hybridized carbons (Fsp3) is 0.417. The summed E-state index contributed by atoms with van der Waals surface area (Å²) in [4.78, 5) is 21.4. The topological polar surface area (TPSA) is 83.0 Å². The molecule has 2 aliphatic rings. The molecular weight excluding hydrogens is 491 g/mol. The number of amides is 1. The van der Waals surface area contributed by atoms with Gasteiger partial charge in [-0.1, -0.05) is 17.4 Å². The van der Waals surface area contributed by atoms with Crippen LogP contribution in [-0.4, -0.2) is 81.0 Å². The van der Waals surface area contributed by atoms with Crippen LogP contribution in [0.4, 0.5) is 9.52 Å². The molecule has 0 radical (unpaired) electrons. The summed E-state index contributed by atoms with van der Waals surface area (Å²) in [5.41, 5.74) is 0.823. The number of sulfonamides is 1. The summed E-state index contributed by atoms with van der Waals surface area (Å²) >= 11 is 1.44. The van der Waals surface area contributed by atoms with E-state index in [1.165, 1.54) is 33.8 Å². The van der Waals surface area contributed by atoms with Crippen LogP contribution in [0.1, 0.15) is 23.2 Å². The van der Waals surface area contributed by atoms with Gasteiger partial charge in [-0.3, -0.25) is 4.79 Å². The van der Waals surface area contributed by atoms with Crippen molar-refractivity contribution in [3.8, 4) is 0 Å². The number of fused-ring (bicyclic) bond motifs is 1. The van der Waals surface area contributed by atoms with Gasteiger partial charge in [0.2, 0.25) is 10.0 Å². The largest absolute Gasteiger partial charge is 0.377 e. The van der Waals surface area contributed by atoms with E-state index in [2.05, 4.69) is 9.88 Å². The lowest BCUT2D eigenvalue weighted by atomic mass is 10.2. The van der Waals surface area contributed by atoms with E-state index in [4.69, 9.17) is 4.74 Å². The van der Waals surface area contributed by atoms with Crippen molar-refractivity contribution in [1.29, 1.82) is 0 Å². The van der Waals surface area contributed by atoms with Crippen LogP contribution in [0.25, 0.3) is 10.2 Å². The van der Waals surface area contributed by atoms with Crippen molar-refractivity contribution < 1.29 is 22.3 Å². The Morgan fingerprint density at radius 2 is 1.91 bits per heavy atom. The molecule has 1 amide bonds. The minimum atomic E-state index is -3.66. The number of para-hydroxylation sites is 1. The third kappa shape index (κ3) is 4.90. The molecule has 3 heterocycles. The minimum absolute atomic E-state index is 0.0731. The summed E-state index contributed by atoms with van der Waals surface area (Å²) in [6.45, 7) is 3.17. The summed E-state index contributed by atoms with van der Waals surface area (Å²) in [5.74, 6) is -0.473. The Morgan fingerprint density at radius 1 is 1.17 bits per heavy atom. The van der Waals surface area contributed by atoms with Crippen LogP contribution >= 0.6 is 11.3 Å². The highest BCUT2D eigenvalue weighted by Gasteiger charge is 2.28. The van der Waals surface area contributed by atoms with Gasteiger partial charge >= 0.3 is 0 Å². The molecule has 0 saturated carbocycles. The SMILES string of the molecule is CN(CC1CCCO1)S(=O)(=O)c1ccc(C(=O)N2CCN(c3nc4c(F)cccc4s3)CC2)cc1. The molecule has 0 aliphatic carbocycles. The molecule has 3 aromatic rings. The molecule has 1 unspecified atom stereocenters. The minimum Gasteiger partial charge on any atom is -0.377 e. The Bertz CT molecular complexity index is 1320. The number of halogens is 1. The fourth-order valence-corrected chi connectivity index (χ4v) is 6.68. The van der Waals surface area contributed by atoms with E-state index in [1.807, 2.05) is 6.07 Å². The number of hydrogen-bond donors (Lipinski definition) is 0. The number of piperazine rings is 1. The number of carbonyl (C=O) groups excluding carboxylic acids is 1. The number of likely N-dealkylation sites (N-methyl/N-ethyl adjacent to an activating group) is 1. The molecule has 1 atom stereocenters. The molecule has 2 aliphatic heterocycles. The third-order valence-electron chi connectivity index (χ3n) is 6.49. The highest BCUT2D eigenvalue weighted by atomic mass is 32.2. The molecule has 2 fully saturated rings. The lowest BCUT2D eigenvalue weighted by Crippen LogP contribution is -2.48. The molecule has 35 heavy (non-hydrogen) atoms. The lowest BCUT2D eigenvalue weighted by molar-refractivity contribution is 0.0746. The van der Waals surface area contributed by atoms with E-state index in [-0.39, 0.29) is 22.7 Å². The van der Waals surface area contributed by atoms with Gasteiger partial charge in [0.05, 0.1) is 15.7 Å². The maximum Gasteiger partial charge on any atom is 0.253 e. The van der Waals surface area contributed by atoms with Crippen molar-refractivity contribution in [1.82, 2.24) is 14.2 Å². The number of anilines is 1. The van der Waals surface area contributed by atoms with Crippen molar-refractivity contribution >= 4 is 42.6 Å². The van der Waals surface area contributed by atoms with Gasteiger partial charge in [-0.15, -0.1) is 0 Å². The fourth-order valence-electron chi connectivity index (χ4n) is 4.44. The second-order valence-corrected chi connectivity index (χ2v) is 11.9. The monoisotopic (exact) mass is 518 g/mol. The van der Waals surface area contributed by atoms with Gasteiger partial charge in [0, 0.05) is 51.9 Å². The Balaban J connectivity index is 1.21. The number of carbonyl (C=O) groups is 1. The normalized spacial score (nSPS) is 19.1. The third-order valence-corrected chi connectivity index (χ3v) is 9.41. The molecule has 8 nitrogen and oxygen atoms in total. The molecule has 2 aromatic carbocycles. The predicted molar refractivity (Wildman–Crippen MR) is 133 cm³/mol. The number of thiazole rings is 1. The summed E-state index contributed by atoms with van der Waals surface area (Å²) < 4.78 is 47.4. The molecule has 0 bridgehead atoms. The first-order valence-corrected chi connectivity index (χ1v) is 13.9. The number of benzene rings is 2. The number of rotatable bonds is 6. The quantitative estimate of drug-likeness (QED) is 0.499. The molecule has 5 rings (SSSR count). The maximum absolute atomic E-state index is 14.0. The summed E-state index contributed by atoms with van der Waals surface area (Å²) in [7, 11) is -2.11. The van der Waals surface area contributed by atoms with Crippen molar-refractivity contribution in [2.24, 2.45) is 0 Å². The van der Waals surface area contributed by atoms with E-state index in [1.54, 1.807) is 30.1 Å². The van der Waals surface area contributed by atoms with Crippen molar-refractivity contribution in [3.05, 3.63) is 53.8 Å². The van der Waals surface area contributed by atoms with E-state index >= 15 is 0 Å². The van der Waals surface area contributed by atoms with Gasteiger partial charge in [0.1, 0.15) is 11.3 Å². The van der Waals surface area contributed by atoms with Crippen LogP contribution < -0.4 is 4.90 Å². The Labute approximate surface area is 208 Å². The number of ether oxygens (including phenoxy) is 1. The molecule has 0 spiro atoms. The van der Waals surface area contributed by atoms with Gasteiger partial charge in [-0.25, -0.2) is 17.8 Å². The number of hydrogen-bond acceptors (Lipinski definition) is 7. The van der Waals surface area contributed by atoms with Crippen molar-refractivity contribution in [2.45, 2.75) is 23.8 Å². The molecule has 0 N–H and O–H groups in total. The standard InChI is InChI=1S/C24H27FN4O4S2/c1-27(16-18-4-3-15-33-18)35(31,32)19-9-7-17(8-10-19)23(30)28-11-13-29(14-12-28)24-26-22-20(25)5-2-6-21(22)34-24/h2,5-10,18H,3-4,11-16H2,1H3. The Hall–Kier alpha value is -2.60. The van der Waals surface area contributed by atoms with E-state index < -0.39 is 10.0 Å². The average molecular weight is 519 g/mol. The van der Waals surface area contributed by atoms with Crippen LogP contribution in [0.5, 0.6) is 0 Å². The molecular formula is C24H27FN4O4S2. The zero-order valence-corrected chi connectivity index (χ0v) is 21.0. The van der Waals surface area contributed by atoms with Crippen LogP contribution in [-0.2, 0) is 14.8 Å². The first-order valence-electron chi connectivity index (χ1n) is 11.6. The second kappa shape index (κ2) is 9.81. The summed E-state index contributed by atoms with van der Waals surface area (Å²) in [6.07, 6.45) is 1.73. The van der Waals surface area contributed by atoms with Gasteiger partial charge in [0.15, 0.2) is 5.13 Å². The van der Waals surface area contributed by atoms with Crippen LogP contribution in [0.2, 0.25) is 0 Å². The average Bonchev–Trinajstić information content (AvgIpc) is 3.54. The number of aromatic nitrogens is 1. The van der Waals surface area contributed by atoms with E-state index in [0.717, 1.165) is 22.7 Å². The van der Waals surface area contributed by atoms with Crippen molar-refractivity contribution in [3.63, 3.8) is 0 Å². The molecule has 186 valence electrons. The van der Waals surface area contributed by atoms with Gasteiger partial charge in [0.25, 0.3) is 5.91 Å². The van der Waals surface area contributed by atoms with Crippen LogP contribution in [0.15, 0.2) is 47.4 Å². The van der Waals surface area contributed by atoms with Crippen molar-refractivity contribution in [2.75, 3.05) is 51.3 Å². The highest BCUT2D eigenvalue weighted by molar-refractivity contribution is 7.89. The highest BCUT2D eigenvalue weighted by Crippen LogP contribution is 2.31. The maximum atomic E-state index is 14.0. The predicted octanol–water partition coefficient (Wildman–Crippen LogP) is 3.20. The smallest absolute Gasteiger partial charge is 0.253 e. The van der Waals surface area contributed by atoms with Gasteiger partial charge < -0.3 is 14.5 Å². The van der Waals surface area contributed by atoms with E-state index in [9.17, 15) is 17.6 Å². The summed E-state index contributed by atoms with van der Waals surface area (Å²) in [6, 6.07) is 11.0. The van der Waals surface area contributed by atoms with E-state index in [0.29, 0.717) is 50.4 Å². The van der Waals surface area contributed by atoms with Crippen LogP contribution in [0.3, 0.4) is 0 Å². The van der Waals surface area contributed by atoms with Gasteiger partial charge in [-0.2, -0.15) is 4.31 Å². The molecule has 11 heteroatoms. The second-order valence-electron chi connectivity index (χ2n) is 8.81. The number of nitrogens with zero attached hydrogens (tertiary/aromatic N) is 4.